The summed E-state index contributed by atoms with van der Waals surface area (Å²) in [5.41, 5.74) is 1.65. The molecule has 0 spiro atoms. The third kappa shape index (κ3) is 8.74. The zero-order chi connectivity index (χ0) is 25.8. The molecule has 0 aromatic heterocycles. The molecular weight excluding hydrogens is 476 g/mol. The number of nitrogens with one attached hydrogen (secondary N) is 1. The highest BCUT2D eigenvalue weighted by Crippen LogP contribution is 2.39. The molecule has 0 bridgehead atoms. The van der Waals surface area contributed by atoms with Crippen molar-refractivity contribution in [3.8, 4) is 11.5 Å². The van der Waals surface area contributed by atoms with Gasteiger partial charge in [-0.1, -0.05) is 44.9 Å². The maximum atomic E-state index is 12.8. The Hall–Kier alpha value is -2.17. The summed E-state index contributed by atoms with van der Waals surface area (Å²) in [6.45, 7) is 11.6. The van der Waals surface area contributed by atoms with Crippen LogP contribution in [0.15, 0.2) is 47.4 Å². The van der Waals surface area contributed by atoms with Crippen LogP contribution in [-0.2, 0) is 21.3 Å². The van der Waals surface area contributed by atoms with E-state index in [1.165, 1.54) is 0 Å². The summed E-state index contributed by atoms with van der Waals surface area (Å²) in [4.78, 5) is 4.63. The molecule has 2 aromatic rings. The summed E-state index contributed by atoms with van der Waals surface area (Å²) in [6, 6.07) is 13.0. The molecule has 36 heavy (non-hydrogen) atoms. The molecular formula is C27H42N4O4S. The van der Waals surface area contributed by atoms with Gasteiger partial charge >= 0.3 is 0 Å². The van der Waals surface area contributed by atoms with Gasteiger partial charge in [-0.05, 0) is 42.7 Å². The number of hydrogen-bond acceptors (Lipinski definition) is 7. The fourth-order valence-electron chi connectivity index (χ4n) is 4.25. The van der Waals surface area contributed by atoms with Crippen LogP contribution < -0.4 is 20.1 Å². The molecule has 3 N–H and O–H groups in total. The lowest BCUT2D eigenvalue weighted by Gasteiger charge is -2.29. The third-order valence-corrected chi connectivity index (χ3v) is 7.22. The van der Waals surface area contributed by atoms with Gasteiger partial charge in [-0.25, -0.2) is 13.6 Å². The standard InChI is InChI=1S/C27H42N4O4S/c1-3-5-13-31(14-6-4-2)25-20-23(22-29-12-15-30-16-18-34-19-17-30)21-26(36(28,32)33)27(25)35-24-10-8-7-9-11-24/h7-11,20-21,29H,3-6,12-19,22H2,1-2H3,(H2,28,32,33). The number of nitrogens with two attached hydrogens (primary N) is 1. The smallest absolute Gasteiger partial charge is 0.241 e. The fraction of sp³-hybridized carbons (Fsp3) is 0.556. The zero-order valence-corrected chi connectivity index (χ0v) is 22.6. The minimum atomic E-state index is -4.02. The number of nitrogens with zero attached hydrogens (tertiary/aromatic N) is 2. The van der Waals surface area contributed by atoms with Crippen LogP contribution in [0.2, 0.25) is 0 Å². The van der Waals surface area contributed by atoms with Crippen molar-refractivity contribution in [2.75, 3.05) is 57.4 Å². The first-order valence-electron chi connectivity index (χ1n) is 13.1. The molecule has 0 radical (unpaired) electrons. The number of morpholine rings is 1. The first-order valence-corrected chi connectivity index (χ1v) is 14.7. The molecule has 1 heterocycles. The van der Waals surface area contributed by atoms with Crippen molar-refractivity contribution in [1.29, 1.82) is 0 Å². The SMILES string of the molecule is CCCCN(CCCC)c1cc(CNCCN2CCOCC2)cc(S(N)(=O)=O)c1Oc1ccccc1. The quantitative estimate of drug-likeness (QED) is 0.345. The third-order valence-electron chi connectivity index (χ3n) is 6.31. The highest BCUT2D eigenvalue weighted by molar-refractivity contribution is 7.89. The molecule has 200 valence electrons. The summed E-state index contributed by atoms with van der Waals surface area (Å²) in [7, 11) is -4.02. The van der Waals surface area contributed by atoms with Crippen LogP contribution in [0.4, 0.5) is 5.69 Å². The number of anilines is 1. The number of primary sulfonamides is 1. The Morgan fingerprint density at radius 2 is 1.72 bits per heavy atom. The van der Waals surface area contributed by atoms with Gasteiger partial charge in [0.2, 0.25) is 10.0 Å². The van der Waals surface area contributed by atoms with Gasteiger partial charge in [0.25, 0.3) is 0 Å². The van der Waals surface area contributed by atoms with Crippen LogP contribution in [0, 0.1) is 0 Å². The van der Waals surface area contributed by atoms with E-state index < -0.39 is 10.0 Å². The molecule has 0 aliphatic carbocycles. The zero-order valence-electron chi connectivity index (χ0n) is 21.7. The van der Waals surface area contributed by atoms with E-state index in [9.17, 15) is 8.42 Å². The summed E-state index contributed by atoms with van der Waals surface area (Å²) in [5.74, 6) is 0.874. The van der Waals surface area contributed by atoms with E-state index in [4.69, 9.17) is 14.6 Å². The van der Waals surface area contributed by atoms with E-state index in [1.54, 1.807) is 6.07 Å². The van der Waals surface area contributed by atoms with Crippen molar-refractivity contribution in [3.63, 3.8) is 0 Å². The van der Waals surface area contributed by atoms with Gasteiger partial charge in [-0.3, -0.25) is 4.90 Å². The average molecular weight is 519 g/mol. The van der Waals surface area contributed by atoms with Gasteiger partial charge in [0.1, 0.15) is 10.6 Å². The van der Waals surface area contributed by atoms with Crippen molar-refractivity contribution in [1.82, 2.24) is 10.2 Å². The maximum Gasteiger partial charge on any atom is 0.241 e. The number of hydrogen-bond donors (Lipinski definition) is 2. The van der Waals surface area contributed by atoms with Crippen molar-refractivity contribution >= 4 is 15.7 Å². The van der Waals surface area contributed by atoms with Crippen LogP contribution in [0.3, 0.4) is 0 Å². The van der Waals surface area contributed by atoms with Crippen molar-refractivity contribution < 1.29 is 17.9 Å². The van der Waals surface area contributed by atoms with Gasteiger partial charge in [-0.2, -0.15) is 0 Å². The van der Waals surface area contributed by atoms with Crippen LogP contribution in [0.1, 0.15) is 45.1 Å². The molecule has 0 amide bonds. The van der Waals surface area contributed by atoms with Gasteiger partial charge in [0.05, 0.1) is 18.9 Å². The molecule has 0 atom stereocenters. The van der Waals surface area contributed by atoms with Crippen LogP contribution in [-0.4, -0.2) is 65.8 Å². The van der Waals surface area contributed by atoms with E-state index in [0.29, 0.717) is 18.0 Å². The highest BCUT2D eigenvalue weighted by atomic mass is 32.2. The number of para-hydroxylation sites is 1. The first-order chi connectivity index (χ1) is 17.4. The molecule has 1 fully saturated rings. The van der Waals surface area contributed by atoms with Gasteiger partial charge in [0, 0.05) is 45.8 Å². The first kappa shape index (κ1) is 28.4. The number of unbranched alkanes of at least 4 members (excludes halogenated alkanes) is 2. The second kappa shape index (κ2) is 14.5. The lowest BCUT2D eigenvalue weighted by atomic mass is 10.1. The van der Waals surface area contributed by atoms with Crippen molar-refractivity contribution in [2.45, 2.75) is 51.0 Å². The number of benzene rings is 2. The lowest BCUT2D eigenvalue weighted by molar-refractivity contribution is 0.0384. The highest BCUT2D eigenvalue weighted by Gasteiger charge is 2.24. The second-order valence-electron chi connectivity index (χ2n) is 9.23. The topological polar surface area (TPSA) is 97.1 Å². The van der Waals surface area contributed by atoms with Crippen LogP contribution in [0.5, 0.6) is 11.5 Å². The molecule has 0 unspecified atom stereocenters. The Kier molecular flexibility index (Phi) is 11.5. The number of rotatable bonds is 15. The Bertz CT molecular complexity index is 1020. The normalized spacial score (nSPS) is 14.6. The van der Waals surface area contributed by atoms with Gasteiger partial charge in [-0.15, -0.1) is 0 Å². The summed E-state index contributed by atoms with van der Waals surface area (Å²) < 4.78 is 37.2. The Balaban J connectivity index is 1.92. The number of sulfonamides is 1. The van der Waals surface area contributed by atoms with Crippen LogP contribution in [0.25, 0.3) is 0 Å². The Labute approximate surface area is 216 Å². The van der Waals surface area contributed by atoms with Gasteiger partial charge in [0.15, 0.2) is 5.75 Å². The van der Waals surface area contributed by atoms with E-state index in [1.807, 2.05) is 30.3 Å². The minimum absolute atomic E-state index is 0.0202. The molecule has 1 aliphatic rings. The predicted octanol–water partition coefficient (Wildman–Crippen LogP) is 3.95. The molecule has 0 saturated carbocycles. The predicted molar refractivity (Wildman–Crippen MR) is 145 cm³/mol. The molecule has 1 aliphatic heterocycles. The Morgan fingerprint density at radius 1 is 1.06 bits per heavy atom. The summed E-state index contributed by atoms with van der Waals surface area (Å²) in [5, 5.41) is 9.21. The van der Waals surface area contributed by atoms with E-state index in [-0.39, 0.29) is 4.90 Å². The minimum Gasteiger partial charge on any atom is -0.454 e. The molecule has 3 rings (SSSR count). The largest absolute Gasteiger partial charge is 0.454 e. The maximum absolute atomic E-state index is 12.8. The van der Waals surface area contributed by atoms with E-state index in [0.717, 1.165) is 89.4 Å². The van der Waals surface area contributed by atoms with E-state index >= 15 is 0 Å². The summed E-state index contributed by atoms with van der Waals surface area (Å²) in [6.07, 6.45) is 4.09. The average Bonchev–Trinajstić information content (AvgIpc) is 2.88. The Morgan fingerprint density at radius 3 is 2.33 bits per heavy atom. The fourth-order valence-corrected chi connectivity index (χ4v) is 4.97. The molecule has 9 heteroatoms. The van der Waals surface area contributed by atoms with Crippen LogP contribution >= 0.6 is 0 Å². The molecule has 2 aromatic carbocycles. The second-order valence-corrected chi connectivity index (χ2v) is 10.8. The van der Waals surface area contributed by atoms with E-state index in [2.05, 4.69) is 35.0 Å². The van der Waals surface area contributed by atoms with Crippen molar-refractivity contribution in [2.24, 2.45) is 5.14 Å². The number of ether oxygens (including phenoxy) is 2. The lowest BCUT2D eigenvalue weighted by Crippen LogP contribution is -2.40. The van der Waals surface area contributed by atoms with Crippen molar-refractivity contribution in [3.05, 3.63) is 48.0 Å². The molecule has 1 saturated heterocycles. The molecule has 8 nitrogen and oxygen atoms in total. The summed E-state index contributed by atoms with van der Waals surface area (Å²) >= 11 is 0. The van der Waals surface area contributed by atoms with Gasteiger partial charge < -0.3 is 19.7 Å². The monoisotopic (exact) mass is 518 g/mol.